The zero-order valence-corrected chi connectivity index (χ0v) is 9.29. The molecule has 0 aliphatic carbocycles. The molecule has 0 atom stereocenters. The smallest absolute Gasteiger partial charge is 0.160 e. The Bertz CT molecular complexity index is 433. The molecule has 0 aliphatic heterocycles. The zero-order valence-electron chi connectivity index (χ0n) is 6.89. The van der Waals surface area contributed by atoms with Gasteiger partial charge in [0, 0.05) is 0 Å². The Balaban J connectivity index is 2.89. The summed E-state index contributed by atoms with van der Waals surface area (Å²) in [7, 11) is 0. The molecule has 0 amide bonds. The van der Waals surface area contributed by atoms with Crippen LogP contribution in [0, 0.1) is 13.8 Å². The quantitative estimate of drug-likeness (QED) is 0.686. The fourth-order valence-electron chi connectivity index (χ4n) is 1.19. The first-order valence-electron chi connectivity index (χ1n) is 3.71. The Morgan fingerprint density at radius 2 is 2.08 bits per heavy atom. The second-order valence-corrected chi connectivity index (χ2v) is 5.10. The Labute approximate surface area is 83.6 Å². The van der Waals surface area contributed by atoms with E-state index in [-0.39, 0.29) is 0 Å². The summed E-state index contributed by atoms with van der Waals surface area (Å²) in [6.45, 7) is 4.27. The third-order valence-electron chi connectivity index (χ3n) is 2.05. The van der Waals surface area contributed by atoms with E-state index in [1.807, 2.05) is 0 Å². The highest BCUT2D eigenvalue weighted by atomic mass is 79.9. The standard InChI is InChI=1S/C9H8BrNS/c1-5-3-4-7-8(6(5)2)12-9(10)11-7/h3-4H,1-2H3. The number of hydrogen-bond acceptors (Lipinski definition) is 2. The van der Waals surface area contributed by atoms with Crippen LogP contribution in [0.2, 0.25) is 0 Å². The van der Waals surface area contributed by atoms with Gasteiger partial charge in [-0.15, -0.1) is 11.3 Å². The van der Waals surface area contributed by atoms with Crippen LogP contribution in [0.15, 0.2) is 16.0 Å². The molecular weight excluding hydrogens is 234 g/mol. The Kier molecular flexibility index (Phi) is 1.93. The molecule has 0 aliphatic rings. The summed E-state index contributed by atoms with van der Waals surface area (Å²) >= 11 is 5.09. The monoisotopic (exact) mass is 241 g/mol. The summed E-state index contributed by atoms with van der Waals surface area (Å²) in [5.41, 5.74) is 3.77. The molecule has 1 aromatic heterocycles. The van der Waals surface area contributed by atoms with Gasteiger partial charge in [0.1, 0.15) is 0 Å². The predicted octanol–water partition coefficient (Wildman–Crippen LogP) is 3.68. The fourth-order valence-corrected chi connectivity index (χ4v) is 2.72. The summed E-state index contributed by atoms with van der Waals surface area (Å²) in [5.74, 6) is 0. The number of aromatic nitrogens is 1. The van der Waals surface area contributed by atoms with Crippen LogP contribution in [-0.2, 0) is 0 Å². The van der Waals surface area contributed by atoms with E-state index in [9.17, 15) is 0 Å². The zero-order chi connectivity index (χ0) is 8.72. The molecule has 0 saturated carbocycles. The minimum atomic E-state index is 0.964. The van der Waals surface area contributed by atoms with Crippen molar-refractivity contribution < 1.29 is 0 Å². The maximum Gasteiger partial charge on any atom is 0.160 e. The fraction of sp³-hybridized carbons (Fsp3) is 0.222. The van der Waals surface area contributed by atoms with Crippen molar-refractivity contribution in [3.05, 3.63) is 27.2 Å². The molecule has 2 rings (SSSR count). The van der Waals surface area contributed by atoms with Gasteiger partial charge in [-0.05, 0) is 47.0 Å². The number of hydrogen-bond donors (Lipinski definition) is 0. The van der Waals surface area contributed by atoms with Gasteiger partial charge in [-0.25, -0.2) is 4.98 Å². The third kappa shape index (κ3) is 1.17. The third-order valence-corrected chi connectivity index (χ3v) is 3.69. The van der Waals surface area contributed by atoms with Crippen LogP contribution in [0.5, 0.6) is 0 Å². The number of rotatable bonds is 0. The maximum atomic E-state index is 4.35. The van der Waals surface area contributed by atoms with E-state index in [2.05, 4.69) is 46.9 Å². The van der Waals surface area contributed by atoms with Crippen LogP contribution >= 0.6 is 27.3 Å². The van der Waals surface area contributed by atoms with Crippen molar-refractivity contribution in [2.45, 2.75) is 13.8 Å². The normalized spacial score (nSPS) is 10.9. The van der Waals surface area contributed by atoms with Crippen LogP contribution in [0.25, 0.3) is 10.2 Å². The van der Waals surface area contributed by atoms with Crippen LogP contribution in [0.4, 0.5) is 0 Å². The largest absolute Gasteiger partial charge is 0.229 e. The highest BCUT2D eigenvalue weighted by molar-refractivity contribution is 9.11. The number of thiazole rings is 1. The minimum Gasteiger partial charge on any atom is -0.229 e. The Morgan fingerprint density at radius 1 is 1.33 bits per heavy atom. The van der Waals surface area contributed by atoms with Crippen molar-refractivity contribution in [3.8, 4) is 0 Å². The molecule has 0 saturated heterocycles. The Morgan fingerprint density at radius 3 is 2.83 bits per heavy atom. The van der Waals surface area contributed by atoms with Crippen molar-refractivity contribution in [1.29, 1.82) is 0 Å². The molecule has 1 heterocycles. The van der Waals surface area contributed by atoms with Gasteiger partial charge in [0.2, 0.25) is 0 Å². The number of aryl methyl sites for hydroxylation is 2. The summed E-state index contributed by atoms with van der Waals surface area (Å²) in [5, 5.41) is 0. The van der Waals surface area contributed by atoms with Crippen LogP contribution in [0.1, 0.15) is 11.1 Å². The molecule has 0 unspecified atom stereocenters. The molecular formula is C9H8BrNS. The van der Waals surface area contributed by atoms with Gasteiger partial charge >= 0.3 is 0 Å². The molecule has 3 heteroatoms. The van der Waals surface area contributed by atoms with E-state index in [4.69, 9.17) is 0 Å². The number of halogens is 1. The van der Waals surface area contributed by atoms with Gasteiger partial charge < -0.3 is 0 Å². The summed E-state index contributed by atoms with van der Waals surface area (Å²) in [4.78, 5) is 4.35. The summed E-state index contributed by atoms with van der Waals surface area (Å²) in [6, 6.07) is 4.18. The highest BCUT2D eigenvalue weighted by Gasteiger charge is 2.04. The van der Waals surface area contributed by atoms with Crippen LogP contribution in [0.3, 0.4) is 0 Å². The van der Waals surface area contributed by atoms with Gasteiger partial charge in [0.15, 0.2) is 3.92 Å². The van der Waals surface area contributed by atoms with Crippen molar-refractivity contribution in [2.24, 2.45) is 0 Å². The summed E-state index contributed by atoms with van der Waals surface area (Å²) < 4.78 is 2.26. The van der Waals surface area contributed by atoms with Gasteiger partial charge in [0.25, 0.3) is 0 Å². The topological polar surface area (TPSA) is 12.9 Å². The lowest BCUT2D eigenvalue weighted by Gasteiger charge is -1.97. The first-order valence-corrected chi connectivity index (χ1v) is 5.31. The lowest BCUT2D eigenvalue weighted by Crippen LogP contribution is -1.79. The van der Waals surface area contributed by atoms with Gasteiger partial charge in [-0.1, -0.05) is 6.07 Å². The molecule has 0 radical (unpaired) electrons. The molecule has 0 fully saturated rings. The molecule has 12 heavy (non-hydrogen) atoms. The van der Waals surface area contributed by atoms with Crippen LogP contribution in [-0.4, -0.2) is 4.98 Å². The molecule has 1 aromatic carbocycles. The number of nitrogens with zero attached hydrogens (tertiary/aromatic N) is 1. The second kappa shape index (κ2) is 2.82. The number of benzene rings is 1. The van der Waals surface area contributed by atoms with E-state index in [0.717, 1.165) is 9.43 Å². The van der Waals surface area contributed by atoms with E-state index in [0.29, 0.717) is 0 Å². The van der Waals surface area contributed by atoms with E-state index in [1.165, 1.54) is 15.8 Å². The second-order valence-electron chi connectivity index (χ2n) is 2.82. The van der Waals surface area contributed by atoms with Crippen LogP contribution < -0.4 is 0 Å². The van der Waals surface area contributed by atoms with Crippen molar-refractivity contribution in [2.75, 3.05) is 0 Å². The Hall–Kier alpha value is -0.410. The molecule has 1 nitrogen and oxygen atoms in total. The SMILES string of the molecule is Cc1ccc2nc(Br)sc2c1C. The maximum absolute atomic E-state index is 4.35. The number of fused-ring (bicyclic) bond motifs is 1. The van der Waals surface area contributed by atoms with Gasteiger partial charge in [0.05, 0.1) is 10.2 Å². The van der Waals surface area contributed by atoms with Gasteiger partial charge in [-0.3, -0.25) is 0 Å². The minimum absolute atomic E-state index is 0.964. The van der Waals surface area contributed by atoms with Crippen molar-refractivity contribution >= 4 is 37.5 Å². The first kappa shape index (κ1) is 8.20. The molecule has 62 valence electrons. The summed E-state index contributed by atoms with van der Waals surface area (Å²) in [6.07, 6.45) is 0. The molecule has 0 bridgehead atoms. The van der Waals surface area contributed by atoms with E-state index >= 15 is 0 Å². The first-order chi connectivity index (χ1) is 5.68. The van der Waals surface area contributed by atoms with Crippen molar-refractivity contribution in [3.63, 3.8) is 0 Å². The lowest BCUT2D eigenvalue weighted by molar-refractivity contribution is 1.37. The lowest BCUT2D eigenvalue weighted by atomic mass is 10.1. The van der Waals surface area contributed by atoms with E-state index < -0.39 is 0 Å². The average molecular weight is 242 g/mol. The van der Waals surface area contributed by atoms with Gasteiger partial charge in [-0.2, -0.15) is 0 Å². The predicted molar refractivity (Wildman–Crippen MR) is 56.8 cm³/mol. The molecule has 0 spiro atoms. The average Bonchev–Trinajstić information content (AvgIpc) is 2.39. The molecule has 0 N–H and O–H groups in total. The molecule has 2 aromatic rings. The van der Waals surface area contributed by atoms with Crippen molar-refractivity contribution in [1.82, 2.24) is 4.98 Å². The van der Waals surface area contributed by atoms with E-state index in [1.54, 1.807) is 11.3 Å². The highest BCUT2D eigenvalue weighted by Crippen LogP contribution is 2.29.